The number of hydrogen-bond acceptors (Lipinski definition) is 4. The van der Waals surface area contributed by atoms with E-state index in [1.54, 1.807) is 18.4 Å². The maximum Gasteiger partial charge on any atom is 0.187 e. The summed E-state index contributed by atoms with van der Waals surface area (Å²) in [5, 5.41) is 3.37. The first-order valence-electron chi connectivity index (χ1n) is 4.51. The lowest BCUT2D eigenvalue weighted by Gasteiger charge is -2.25. The fourth-order valence-corrected chi connectivity index (χ4v) is 2.25. The summed E-state index contributed by atoms with van der Waals surface area (Å²) in [5.41, 5.74) is 0. The van der Waals surface area contributed by atoms with Crippen molar-refractivity contribution in [2.24, 2.45) is 0 Å². The molecule has 0 fully saturated rings. The Balaban J connectivity index is 2.67. The third-order valence-electron chi connectivity index (χ3n) is 1.87. The SMILES string of the molecule is COCCN(c1nc(Cl)cs1)C(C)C. The molecule has 3 nitrogen and oxygen atoms in total. The molecule has 0 bridgehead atoms. The van der Waals surface area contributed by atoms with Crippen LogP contribution in [0.2, 0.25) is 5.15 Å². The number of ether oxygens (including phenoxy) is 1. The van der Waals surface area contributed by atoms with Crippen LogP contribution in [-0.2, 0) is 4.74 Å². The van der Waals surface area contributed by atoms with E-state index in [9.17, 15) is 0 Å². The van der Waals surface area contributed by atoms with Crippen molar-refractivity contribution in [1.82, 2.24) is 4.98 Å². The summed E-state index contributed by atoms with van der Waals surface area (Å²) in [6, 6.07) is 0.410. The van der Waals surface area contributed by atoms with Crippen molar-refractivity contribution in [3.63, 3.8) is 0 Å². The molecule has 0 unspecified atom stereocenters. The van der Waals surface area contributed by atoms with Gasteiger partial charge in [-0.25, -0.2) is 4.98 Å². The Hall–Kier alpha value is -0.320. The van der Waals surface area contributed by atoms with Crippen LogP contribution in [0.1, 0.15) is 13.8 Å². The van der Waals surface area contributed by atoms with E-state index in [0.717, 1.165) is 11.7 Å². The van der Waals surface area contributed by atoms with Gasteiger partial charge >= 0.3 is 0 Å². The number of aromatic nitrogens is 1. The van der Waals surface area contributed by atoms with Crippen molar-refractivity contribution in [2.75, 3.05) is 25.2 Å². The minimum Gasteiger partial charge on any atom is -0.383 e. The van der Waals surface area contributed by atoms with E-state index < -0.39 is 0 Å². The first-order valence-corrected chi connectivity index (χ1v) is 5.77. The molecule has 0 saturated carbocycles. The summed E-state index contributed by atoms with van der Waals surface area (Å²) in [7, 11) is 1.70. The number of thiazole rings is 1. The standard InChI is InChI=1S/C9H15ClN2OS/c1-7(2)12(4-5-13-3)9-11-8(10)6-14-9/h6-7H,4-5H2,1-3H3. The Morgan fingerprint density at radius 1 is 1.64 bits per heavy atom. The summed E-state index contributed by atoms with van der Waals surface area (Å²) in [6.07, 6.45) is 0. The van der Waals surface area contributed by atoms with E-state index in [1.807, 2.05) is 5.38 Å². The van der Waals surface area contributed by atoms with Gasteiger partial charge in [-0.05, 0) is 13.8 Å². The van der Waals surface area contributed by atoms with E-state index in [0.29, 0.717) is 17.8 Å². The van der Waals surface area contributed by atoms with Gasteiger partial charge in [0.25, 0.3) is 0 Å². The molecule has 0 N–H and O–H groups in total. The molecule has 1 aromatic rings. The second-order valence-corrected chi connectivity index (χ2v) is 4.46. The monoisotopic (exact) mass is 234 g/mol. The van der Waals surface area contributed by atoms with Gasteiger partial charge in [-0.2, -0.15) is 0 Å². The third-order valence-corrected chi connectivity index (χ3v) is 3.07. The zero-order valence-electron chi connectivity index (χ0n) is 8.66. The lowest BCUT2D eigenvalue weighted by atomic mass is 10.3. The van der Waals surface area contributed by atoms with Crippen LogP contribution >= 0.6 is 22.9 Å². The molecule has 0 spiro atoms. The van der Waals surface area contributed by atoms with Gasteiger partial charge in [-0.1, -0.05) is 11.6 Å². The van der Waals surface area contributed by atoms with Crippen molar-refractivity contribution >= 4 is 28.1 Å². The van der Waals surface area contributed by atoms with Gasteiger partial charge in [0, 0.05) is 25.1 Å². The Morgan fingerprint density at radius 3 is 2.79 bits per heavy atom. The van der Waals surface area contributed by atoms with Crippen molar-refractivity contribution in [3.8, 4) is 0 Å². The van der Waals surface area contributed by atoms with Gasteiger partial charge in [-0.15, -0.1) is 11.3 Å². The van der Waals surface area contributed by atoms with Crippen LogP contribution in [0.15, 0.2) is 5.38 Å². The fourth-order valence-electron chi connectivity index (χ4n) is 1.14. The van der Waals surface area contributed by atoms with Crippen LogP contribution in [0.5, 0.6) is 0 Å². The largest absolute Gasteiger partial charge is 0.383 e. The van der Waals surface area contributed by atoms with Gasteiger partial charge < -0.3 is 9.64 Å². The average molecular weight is 235 g/mol. The lowest BCUT2D eigenvalue weighted by Crippen LogP contribution is -2.33. The first-order chi connectivity index (χ1) is 6.65. The summed E-state index contributed by atoms with van der Waals surface area (Å²) < 4.78 is 5.05. The fraction of sp³-hybridized carbons (Fsp3) is 0.667. The minimum atomic E-state index is 0.410. The molecule has 5 heteroatoms. The van der Waals surface area contributed by atoms with Gasteiger partial charge in [0.15, 0.2) is 5.13 Å². The molecule has 0 aromatic carbocycles. The number of methoxy groups -OCH3 is 1. The molecule has 1 rings (SSSR count). The molecule has 0 aliphatic heterocycles. The van der Waals surface area contributed by atoms with E-state index in [2.05, 4.69) is 23.7 Å². The van der Waals surface area contributed by atoms with E-state index in [1.165, 1.54) is 0 Å². The van der Waals surface area contributed by atoms with Crippen molar-refractivity contribution < 1.29 is 4.74 Å². The zero-order valence-corrected chi connectivity index (χ0v) is 10.2. The second-order valence-electron chi connectivity index (χ2n) is 3.23. The summed E-state index contributed by atoms with van der Waals surface area (Å²) in [4.78, 5) is 6.42. The maximum atomic E-state index is 5.78. The van der Waals surface area contributed by atoms with Crippen LogP contribution in [-0.4, -0.2) is 31.3 Å². The number of nitrogens with zero attached hydrogens (tertiary/aromatic N) is 2. The van der Waals surface area contributed by atoms with Crippen LogP contribution in [0, 0.1) is 0 Å². The number of hydrogen-bond donors (Lipinski definition) is 0. The molecule has 0 amide bonds. The number of rotatable bonds is 5. The molecule has 0 aliphatic rings. The molecule has 1 heterocycles. The zero-order chi connectivity index (χ0) is 10.6. The molecule has 80 valence electrons. The summed E-state index contributed by atoms with van der Waals surface area (Å²) >= 11 is 7.35. The molecule has 14 heavy (non-hydrogen) atoms. The maximum absolute atomic E-state index is 5.78. The smallest absolute Gasteiger partial charge is 0.187 e. The molecular formula is C9H15ClN2OS. The summed E-state index contributed by atoms with van der Waals surface area (Å²) in [5.74, 6) is 0. The molecule has 0 saturated heterocycles. The highest BCUT2D eigenvalue weighted by atomic mass is 35.5. The van der Waals surface area contributed by atoms with Gasteiger partial charge in [-0.3, -0.25) is 0 Å². The van der Waals surface area contributed by atoms with Crippen LogP contribution in [0.3, 0.4) is 0 Å². The van der Waals surface area contributed by atoms with Crippen LogP contribution in [0.25, 0.3) is 0 Å². The topological polar surface area (TPSA) is 25.4 Å². The molecule has 0 radical (unpaired) electrons. The van der Waals surface area contributed by atoms with E-state index in [-0.39, 0.29) is 0 Å². The number of halogens is 1. The highest BCUT2D eigenvalue weighted by Crippen LogP contribution is 2.24. The molecular weight excluding hydrogens is 220 g/mol. The van der Waals surface area contributed by atoms with Gasteiger partial charge in [0.1, 0.15) is 5.15 Å². The number of anilines is 1. The highest BCUT2D eigenvalue weighted by Gasteiger charge is 2.13. The molecule has 1 aromatic heterocycles. The lowest BCUT2D eigenvalue weighted by molar-refractivity contribution is 0.204. The van der Waals surface area contributed by atoms with Gasteiger partial charge in [0.05, 0.1) is 6.61 Å². The minimum absolute atomic E-state index is 0.410. The van der Waals surface area contributed by atoms with Crippen LogP contribution < -0.4 is 4.90 Å². The van der Waals surface area contributed by atoms with E-state index >= 15 is 0 Å². The Labute approximate surface area is 93.7 Å². The predicted molar refractivity (Wildman–Crippen MR) is 61.5 cm³/mol. The molecule has 0 aliphatic carbocycles. The van der Waals surface area contributed by atoms with Crippen molar-refractivity contribution in [2.45, 2.75) is 19.9 Å². The first kappa shape index (κ1) is 11.8. The Kier molecular flexibility index (Phi) is 4.65. The third kappa shape index (κ3) is 3.12. The second kappa shape index (κ2) is 5.53. The van der Waals surface area contributed by atoms with Gasteiger partial charge in [0.2, 0.25) is 0 Å². The van der Waals surface area contributed by atoms with Crippen molar-refractivity contribution in [3.05, 3.63) is 10.5 Å². The van der Waals surface area contributed by atoms with Crippen molar-refractivity contribution in [1.29, 1.82) is 0 Å². The highest BCUT2D eigenvalue weighted by molar-refractivity contribution is 7.14. The predicted octanol–water partition coefficient (Wildman–Crippen LogP) is 2.66. The summed E-state index contributed by atoms with van der Waals surface area (Å²) in [6.45, 7) is 5.81. The van der Waals surface area contributed by atoms with Crippen LogP contribution in [0.4, 0.5) is 5.13 Å². The molecule has 0 atom stereocenters. The Bertz CT molecular complexity index is 278. The van der Waals surface area contributed by atoms with E-state index in [4.69, 9.17) is 16.3 Å². The normalized spacial score (nSPS) is 10.9. The Morgan fingerprint density at radius 2 is 2.36 bits per heavy atom. The average Bonchev–Trinajstić information content (AvgIpc) is 2.52. The quantitative estimate of drug-likeness (QED) is 0.783.